The van der Waals surface area contributed by atoms with Gasteiger partial charge in [0.1, 0.15) is 0 Å². The third-order valence-electron chi connectivity index (χ3n) is 4.51. The van der Waals surface area contributed by atoms with E-state index in [1.165, 1.54) is 17.0 Å². The van der Waals surface area contributed by atoms with Crippen molar-refractivity contribution in [1.29, 1.82) is 0 Å². The van der Waals surface area contributed by atoms with Gasteiger partial charge < -0.3 is 10.2 Å². The van der Waals surface area contributed by atoms with Gasteiger partial charge in [-0.3, -0.25) is 9.53 Å². The molecule has 0 saturated carbocycles. The molecular weight excluding hydrogens is 383 g/mol. The second-order valence-corrected chi connectivity index (χ2v) is 7.94. The lowest BCUT2D eigenvalue weighted by Gasteiger charge is -2.30. The predicted molar refractivity (Wildman–Crippen MR) is 93.6 cm³/mol. The molecule has 0 radical (unpaired) electrons. The van der Waals surface area contributed by atoms with Crippen molar-refractivity contribution in [2.45, 2.75) is 57.5 Å². The van der Waals surface area contributed by atoms with Crippen LogP contribution in [0.4, 0.5) is 22.0 Å². The normalized spacial score (nSPS) is 21.7. The second kappa shape index (κ2) is 8.73. The molecule has 1 N–H and O–H groups in total. The summed E-state index contributed by atoms with van der Waals surface area (Å²) in [6, 6.07) is 3.19. The summed E-state index contributed by atoms with van der Waals surface area (Å²) in [5, 5.41) is 3.16. The van der Waals surface area contributed by atoms with Gasteiger partial charge >= 0.3 is 6.36 Å². The Balaban J connectivity index is 2.24. The molecule has 9 heteroatoms. The first-order valence-electron chi connectivity index (χ1n) is 9.08. The van der Waals surface area contributed by atoms with Gasteiger partial charge in [0, 0.05) is 24.5 Å². The van der Waals surface area contributed by atoms with E-state index < -0.39 is 42.1 Å². The maximum atomic E-state index is 14.3. The van der Waals surface area contributed by atoms with Gasteiger partial charge in [0.25, 0.3) is 0 Å². The molecule has 1 fully saturated rings. The van der Waals surface area contributed by atoms with E-state index >= 15 is 0 Å². The summed E-state index contributed by atoms with van der Waals surface area (Å²) in [6.45, 7) is 4.57. The van der Waals surface area contributed by atoms with E-state index in [1.54, 1.807) is 0 Å². The molecule has 1 aromatic carbocycles. The fourth-order valence-corrected chi connectivity index (χ4v) is 3.38. The molecule has 1 aliphatic heterocycles. The number of hydrogen-bond donors (Lipinski definition) is 1. The fourth-order valence-electron chi connectivity index (χ4n) is 3.38. The van der Waals surface area contributed by atoms with Gasteiger partial charge in [0.05, 0.1) is 12.6 Å². The maximum absolute atomic E-state index is 14.3. The number of carbonyl (C=O) groups excluding carboxylic acids is 1. The molecule has 158 valence electrons. The quantitative estimate of drug-likeness (QED) is 0.750. The lowest BCUT2D eigenvalue weighted by atomic mass is 9.92. The van der Waals surface area contributed by atoms with Crippen LogP contribution in [0.5, 0.6) is 0 Å². The Kier molecular flexibility index (Phi) is 7.03. The van der Waals surface area contributed by atoms with Crippen LogP contribution in [-0.4, -0.2) is 48.4 Å². The SMILES string of the molecule is CC(C)(C)N[C@@H]1CC[C@@H](c2cccc(F)c2F)CN(CCOC(F)(F)F)C1=O. The Hall–Kier alpha value is -1.74. The van der Waals surface area contributed by atoms with Crippen LogP contribution in [0.25, 0.3) is 0 Å². The summed E-state index contributed by atoms with van der Waals surface area (Å²) >= 11 is 0. The number of nitrogens with one attached hydrogen (secondary N) is 1. The van der Waals surface area contributed by atoms with Crippen LogP contribution in [0.3, 0.4) is 0 Å². The van der Waals surface area contributed by atoms with Crippen molar-refractivity contribution in [2.24, 2.45) is 0 Å². The number of ether oxygens (including phenoxy) is 1. The number of amides is 1. The van der Waals surface area contributed by atoms with E-state index in [9.17, 15) is 26.7 Å². The molecule has 0 aliphatic carbocycles. The van der Waals surface area contributed by atoms with Crippen LogP contribution in [0.2, 0.25) is 0 Å². The zero-order valence-corrected chi connectivity index (χ0v) is 16.1. The summed E-state index contributed by atoms with van der Waals surface area (Å²) < 4.78 is 68.6. The number of hydrogen-bond acceptors (Lipinski definition) is 3. The highest BCUT2D eigenvalue weighted by atomic mass is 19.4. The maximum Gasteiger partial charge on any atom is 0.522 e. The van der Waals surface area contributed by atoms with E-state index in [2.05, 4.69) is 10.1 Å². The zero-order valence-electron chi connectivity index (χ0n) is 16.1. The Bertz CT molecular complexity index is 688. The van der Waals surface area contributed by atoms with E-state index in [4.69, 9.17) is 0 Å². The van der Waals surface area contributed by atoms with Gasteiger partial charge in [-0.25, -0.2) is 8.78 Å². The number of carbonyl (C=O) groups is 1. The topological polar surface area (TPSA) is 41.6 Å². The van der Waals surface area contributed by atoms with Crippen LogP contribution in [0.1, 0.15) is 45.1 Å². The second-order valence-electron chi connectivity index (χ2n) is 7.94. The van der Waals surface area contributed by atoms with E-state index in [1.807, 2.05) is 20.8 Å². The summed E-state index contributed by atoms with van der Waals surface area (Å²) in [5.74, 6) is -2.89. The molecule has 0 spiro atoms. The van der Waals surface area contributed by atoms with Crippen LogP contribution in [0, 0.1) is 11.6 Å². The molecule has 0 aromatic heterocycles. The minimum absolute atomic E-state index is 0.0112. The number of halogens is 5. The van der Waals surface area contributed by atoms with E-state index in [0.29, 0.717) is 12.8 Å². The van der Waals surface area contributed by atoms with Gasteiger partial charge in [-0.15, -0.1) is 13.2 Å². The van der Waals surface area contributed by atoms with Crippen molar-refractivity contribution in [2.75, 3.05) is 19.7 Å². The fraction of sp³-hybridized carbons (Fsp3) is 0.632. The monoisotopic (exact) mass is 408 g/mol. The number of likely N-dealkylation sites (tertiary alicyclic amines) is 1. The lowest BCUT2D eigenvalue weighted by molar-refractivity contribution is -0.324. The molecule has 0 bridgehead atoms. The average molecular weight is 408 g/mol. The smallest absolute Gasteiger partial charge is 0.338 e. The summed E-state index contributed by atoms with van der Waals surface area (Å²) in [6.07, 6.45) is -4.06. The first kappa shape index (κ1) is 22.5. The van der Waals surface area contributed by atoms with E-state index in [0.717, 1.165) is 6.07 Å². The highest BCUT2D eigenvalue weighted by Crippen LogP contribution is 2.30. The molecule has 28 heavy (non-hydrogen) atoms. The number of alkyl halides is 3. The van der Waals surface area contributed by atoms with Crippen molar-refractivity contribution in [3.63, 3.8) is 0 Å². The minimum Gasteiger partial charge on any atom is -0.338 e. The Morgan fingerprint density at radius 1 is 1.18 bits per heavy atom. The third kappa shape index (κ3) is 6.41. The van der Waals surface area contributed by atoms with Gasteiger partial charge in [-0.05, 0) is 45.2 Å². The number of nitrogens with zero attached hydrogens (tertiary/aromatic N) is 1. The highest BCUT2D eigenvalue weighted by Gasteiger charge is 2.35. The van der Waals surface area contributed by atoms with Crippen molar-refractivity contribution in [1.82, 2.24) is 10.2 Å². The molecule has 4 nitrogen and oxygen atoms in total. The Morgan fingerprint density at radius 3 is 2.46 bits per heavy atom. The largest absolute Gasteiger partial charge is 0.522 e. The summed E-state index contributed by atoms with van der Waals surface area (Å²) in [4.78, 5) is 14.1. The molecular formula is C19H25F5N2O2. The lowest BCUT2D eigenvalue weighted by Crippen LogP contribution is -2.52. The molecule has 1 aromatic rings. The van der Waals surface area contributed by atoms with Crippen LogP contribution >= 0.6 is 0 Å². The Morgan fingerprint density at radius 2 is 1.86 bits per heavy atom. The predicted octanol–water partition coefficient (Wildman–Crippen LogP) is 3.96. The number of benzene rings is 1. The highest BCUT2D eigenvalue weighted by molar-refractivity contribution is 5.82. The first-order chi connectivity index (χ1) is 12.9. The average Bonchev–Trinajstić information content (AvgIpc) is 2.69. The standard InChI is InChI=1S/C19H25F5N2O2/c1-18(2,3)25-15-8-7-12(13-5-4-6-14(20)16(13)21)11-26(17(15)27)9-10-28-19(22,23)24/h4-6,12,15,25H,7-11H2,1-3H3/t12-,15-/m1/s1. The Labute approximate surface area is 161 Å². The molecule has 1 aliphatic rings. The molecule has 1 amide bonds. The van der Waals surface area contributed by atoms with Crippen LogP contribution in [-0.2, 0) is 9.53 Å². The van der Waals surface area contributed by atoms with Crippen molar-refractivity contribution >= 4 is 5.91 Å². The minimum atomic E-state index is -4.80. The van der Waals surface area contributed by atoms with Crippen LogP contribution < -0.4 is 5.32 Å². The van der Waals surface area contributed by atoms with Crippen molar-refractivity contribution in [3.05, 3.63) is 35.4 Å². The van der Waals surface area contributed by atoms with Crippen molar-refractivity contribution < 1.29 is 31.5 Å². The van der Waals surface area contributed by atoms with Gasteiger partial charge in [-0.2, -0.15) is 0 Å². The van der Waals surface area contributed by atoms with Crippen LogP contribution in [0.15, 0.2) is 18.2 Å². The van der Waals surface area contributed by atoms with Gasteiger partial charge in [-0.1, -0.05) is 12.1 Å². The number of rotatable bonds is 5. The van der Waals surface area contributed by atoms with Gasteiger partial charge in [0.2, 0.25) is 5.91 Å². The molecule has 2 rings (SSSR count). The molecule has 1 heterocycles. The van der Waals surface area contributed by atoms with Crippen molar-refractivity contribution in [3.8, 4) is 0 Å². The van der Waals surface area contributed by atoms with E-state index in [-0.39, 0.29) is 24.6 Å². The first-order valence-corrected chi connectivity index (χ1v) is 9.08. The zero-order chi connectivity index (χ0) is 21.1. The third-order valence-corrected chi connectivity index (χ3v) is 4.51. The molecule has 2 atom stereocenters. The summed E-state index contributed by atoms with van der Waals surface area (Å²) in [7, 11) is 0. The summed E-state index contributed by atoms with van der Waals surface area (Å²) in [5.41, 5.74) is -0.288. The van der Waals surface area contributed by atoms with Gasteiger partial charge in [0.15, 0.2) is 11.6 Å². The molecule has 0 unspecified atom stereocenters. The molecule has 1 saturated heterocycles.